The number of amides is 1. The molecule has 0 spiro atoms. The van der Waals surface area contributed by atoms with Crippen LogP contribution in [-0.2, 0) is 10.0 Å². The van der Waals surface area contributed by atoms with Crippen LogP contribution in [0.15, 0.2) is 59.5 Å². The van der Waals surface area contributed by atoms with Crippen molar-refractivity contribution in [1.82, 2.24) is 24.5 Å². The van der Waals surface area contributed by atoms with Gasteiger partial charge in [0.15, 0.2) is 5.82 Å². The zero-order valence-corrected chi connectivity index (χ0v) is 18.1. The Morgan fingerprint density at radius 2 is 1.84 bits per heavy atom. The lowest BCUT2D eigenvalue weighted by Gasteiger charge is -2.12. The number of hydrogen-bond acceptors (Lipinski definition) is 6. The van der Waals surface area contributed by atoms with E-state index in [2.05, 4.69) is 25.5 Å². The van der Waals surface area contributed by atoms with Crippen molar-refractivity contribution >= 4 is 44.4 Å². The summed E-state index contributed by atoms with van der Waals surface area (Å²) in [5.41, 5.74) is 1.34. The summed E-state index contributed by atoms with van der Waals surface area (Å²) < 4.78 is 25.7. The number of nitrogens with zero attached hydrogens (tertiary/aromatic N) is 4. The molecule has 2 heterocycles. The molecular formula is C20H17ClN6O3S. The van der Waals surface area contributed by atoms with Crippen LogP contribution in [-0.4, -0.2) is 52.9 Å². The van der Waals surface area contributed by atoms with Crippen LogP contribution in [0, 0.1) is 0 Å². The zero-order chi connectivity index (χ0) is 22.2. The van der Waals surface area contributed by atoms with Gasteiger partial charge < -0.3 is 0 Å². The molecule has 0 aliphatic heterocycles. The summed E-state index contributed by atoms with van der Waals surface area (Å²) in [6, 6.07) is 15.3. The topological polar surface area (TPSA) is 121 Å². The molecule has 0 radical (unpaired) electrons. The lowest BCUT2D eigenvalue weighted by atomic mass is 10.2. The Balaban J connectivity index is 1.59. The molecule has 2 aromatic carbocycles. The smallest absolute Gasteiger partial charge is 0.259 e. The van der Waals surface area contributed by atoms with Crippen LogP contribution in [0.1, 0.15) is 10.4 Å². The Morgan fingerprint density at radius 3 is 2.61 bits per heavy atom. The number of H-pyrrole nitrogens is 1. The van der Waals surface area contributed by atoms with E-state index in [-0.39, 0.29) is 21.4 Å². The van der Waals surface area contributed by atoms with E-state index in [4.69, 9.17) is 11.6 Å². The SMILES string of the molecule is CN(C)S(=O)(=O)c1ccc(Cl)c(C(=O)Nc2n[nH]c(-c3ccc4ccccc4n3)n2)c1. The number of nitrogens with one attached hydrogen (secondary N) is 2. The Hall–Kier alpha value is -3.34. The third-order valence-electron chi connectivity index (χ3n) is 4.51. The largest absolute Gasteiger partial charge is 0.289 e. The molecule has 0 fully saturated rings. The highest BCUT2D eigenvalue weighted by Crippen LogP contribution is 2.23. The maximum atomic E-state index is 12.7. The van der Waals surface area contributed by atoms with Gasteiger partial charge in [0.1, 0.15) is 5.69 Å². The van der Waals surface area contributed by atoms with Gasteiger partial charge in [-0.1, -0.05) is 35.9 Å². The molecule has 31 heavy (non-hydrogen) atoms. The molecule has 11 heteroatoms. The van der Waals surface area contributed by atoms with Crippen LogP contribution in [0.5, 0.6) is 0 Å². The molecule has 2 aromatic heterocycles. The quantitative estimate of drug-likeness (QED) is 0.475. The van der Waals surface area contributed by atoms with Crippen LogP contribution in [0.4, 0.5) is 5.95 Å². The predicted octanol–water partition coefficient (Wildman–Crippen LogP) is 3.18. The molecule has 0 atom stereocenters. The van der Waals surface area contributed by atoms with Crippen LogP contribution in [0.2, 0.25) is 5.02 Å². The first-order chi connectivity index (χ1) is 14.8. The fraction of sp³-hybridized carbons (Fsp3) is 0.100. The first-order valence-corrected chi connectivity index (χ1v) is 10.9. The minimum Gasteiger partial charge on any atom is -0.289 e. The van der Waals surface area contributed by atoms with Crippen molar-refractivity contribution in [2.75, 3.05) is 19.4 Å². The molecule has 4 rings (SSSR count). The lowest BCUT2D eigenvalue weighted by molar-refractivity contribution is 0.102. The molecule has 0 saturated carbocycles. The monoisotopic (exact) mass is 456 g/mol. The first-order valence-electron chi connectivity index (χ1n) is 9.08. The van der Waals surface area contributed by atoms with Crippen molar-refractivity contribution in [3.05, 3.63) is 65.2 Å². The van der Waals surface area contributed by atoms with Crippen molar-refractivity contribution in [1.29, 1.82) is 0 Å². The number of sulfonamides is 1. The van der Waals surface area contributed by atoms with Crippen molar-refractivity contribution in [2.24, 2.45) is 0 Å². The van der Waals surface area contributed by atoms with Crippen molar-refractivity contribution in [3.63, 3.8) is 0 Å². The minimum atomic E-state index is -3.72. The zero-order valence-electron chi connectivity index (χ0n) is 16.5. The summed E-state index contributed by atoms with van der Waals surface area (Å²) in [6.45, 7) is 0. The van der Waals surface area contributed by atoms with E-state index in [1.165, 1.54) is 32.3 Å². The number of pyridine rings is 1. The molecule has 0 aliphatic rings. The fourth-order valence-corrected chi connectivity index (χ4v) is 3.98. The molecule has 4 aromatic rings. The number of rotatable bonds is 5. The molecular weight excluding hydrogens is 440 g/mol. The van der Waals surface area contributed by atoms with E-state index in [9.17, 15) is 13.2 Å². The van der Waals surface area contributed by atoms with E-state index in [0.29, 0.717) is 11.5 Å². The van der Waals surface area contributed by atoms with Crippen molar-refractivity contribution in [2.45, 2.75) is 4.90 Å². The molecule has 0 unspecified atom stereocenters. The van der Waals surface area contributed by atoms with Crippen molar-refractivity contribution in [3.8, 4) is 11.5 Å². The summed E-state index contributed by atoms with van der Waals surface area (Å²) in [5, 5.41) is 10.3. The van der Waals surface area contributed by atoms with Crippen LogP contribution < -0.4 is 5.32 Å². The number of anilines is 1. The number of fused-ring (bicyclic) bond motifs is 1. The van der Waals surface area contributed by atoms with Gasteiger partial charge in [0.25, 0.3) is 5.91 Å². The maximum absolute atomic E-state index is 12.7. The average molecular weight is 457 g/mol. The second-order valence-electron chi connectivity index (χ2n) is 6.78. The van der Waals surface area contributed by atoms with E-state index in [1.54, 1.807) is 6.07 Å². The van der Waals surface area contributed by atoms with Gasteiger partial charge in [0.2, 0.25) is 16.0 Å². The van der Waals surface area contributed by atoms with Gasteiger partial charge in [0, 0.05) is 19.5 Å². The number of hydrogen-bond donors (Lipinski definition) is 2. The van der Waals surface area contributed by atoms with Gasteiger partial charge in [0.05, 0.1) is 21.0 Å². The number of halogens is 1. The molecule has 158 valence electrons. The summed E-state index contributed by atoms with van der Waals surface area (Å²) in [6.07, 6.45) is 0. The standard InChI is InChI=1S/C20H17ClN6O3S/c1-27(2)31(29,30)13-8-9-15(21)14(11-13)19(28)24-20-23-18(25-26-20)17-10-7-12-5-3-4-6-16(12)22-17/h3-11H,1-2H3,(H2,23,24,25,26,28). The van der Waals surface area contributed by atoms with E-state index >= 15 is 0 Å². The minimum absolute atomic E-state index is 0.00638. The Kier molecular flexibility index (Phi) is 5.44. The average Bonchev–Trinajstić information content (AvgIpc) is 3.21. The highest BCUT2D eigenvalue weighted by Gasteiger charge is 2.21. The van der Waals surface area contributed by atoms with Crippen molar-refractivity contribution < 1.29 is 13.2 Å². The molecule has 0 saturated heterocycles. The number of aromatic nitrogens is 4. The predicted molar refractivity (Wildman–Crippen MR) is 117 cm³/mol. The second kappa shape index (κ2) is 8.06. The van der Waals surface area contributed by atoms with Gasteiger partial charge in [-0.25, -0.2) is 17.7 Å². The van der Waals surface area contributed by atoms with E-state index < -0.39 is 15.9 Å². The highest BCUT2D eigenvalue weighted by atomic mass is 35.5. The number of benzene rings is 2. The Labute approximate surface area is 183 Å². The number of carbonyl (C=O) groups excluding carboxylic acids is 1. The van der Waals surface area contributed by atoms with E-state index in [0.717, 1.165) is 15.2 Å². The number of aromatic amines is 1. The molecule has 2 N–H and O–H groups in total. The molecule has 9 nitrogen and oxygen atoms in total. The third kappa shape index (κ3) is 4.13. The van der Waals surface area contributed by atoms with Gasteiger partial charge in [-0.15, -0.1) is 5.10 Å². The van der Waals surface area contributed by atoms with E-state index in [1.807, 2.05) is 30.3 Å². The fourth-order valence-electron chi connectivity index (χ4n) is 2.85. The summed E-state index contributed by atoms with van der Waals surface area (Å²) in [7, 11) is -0.919. The first kappa shape index (κ1) is 20.9. The Morgan fingerprint density at radius 1 is 1.06 bits per heavy atom. The molecule has 0 bridgehead atoms. The summed E-state index contributed by atoms with van der Waals surface area (Å²) >= 11 is 6.12. The third-order valence-corrected chi connectivity index (χ3v) is 6.65. The second-order valence-corrected chi connectivity index (χ2v) is 9.34. The molecule has 0 aliphatic carbocycles. The summed E-state index contributed by atoms with van der Waals surface area (Å²) in [5.74, 6) is -0.263. The number of para-hydroxylation sites is 1. The number of carbonyl (C=O) groups is 1. The van der Waals surface area contributed by atoms with Gasteiger partial charge in [-0.05, 0) is 30.3 Å². The van der Waals surface area contributed by atoms with Gasteiger partial charge >= 0.3 is 0 Å². The molecule has 1 amide bonds. The van der Waals surface area contributed by atoms with Gasteiger partial charge in [-0.2, -0.15) is 4.98 Å². The lowest BCUT2D eigenvalue weighted by Crippen LogP contribution is -2.23. The Bertz CT molecular complexity index is 1400. The van der Waals surface area contributed by atoms with Gasteiger partial charge in [-0.3, -0.25) is 15.2 Å². The van der Waals surface area contributed by atoms with Crippen LogP contribution in [0.3, 0.4) is 0 Å². The summed E-state index contributed by atoms with van der Waals surface area (Å²) in [4.78, 5) is 21.4. The maximum Gasteiger partial charge on any atom is 0.259 e. The normalized spacial score (nSPS) is 11.7. The van der Waals surface area contributed by atoms with Crippen LogP contribution in [0.25, 0.3) is 22.4 Å². The highest BCUT2D eigenvalue weighted by molar-refractivity contribution is 7.89. The van der Waals surface area contributed by atoms with Crippen LogP contribution >= 0.6 is 11.6 Å².